The van der Waals surface area contributed by atoms with Crippen LogP contribution in [0.2, 0.25) is 0 Å². The van der Waals surface area contributed by atoms with Crippen LogP contribution in [0.1, 0.15) is 78.9 Å². The molecule has 1 atom stereocenters. The van der Waals surface area contributed by atoms with Crippen LogP contribution < -0.4 is 4.74 Å². The molecule has 1 aromatic rings. The van der Waals surface area contributed by atoms with Gasteiger partial charge in [-0.15, -0.1) is 0 Å². The van der Waals surface area contributed by atoms with E-state index in [1.807, 2.05) is 12.1 Å². The number of rotatable bonds is 9. The zero-order valence-corrected chi connectivity index (χ0v) is 19.0. The molecular formula is C25H36O4. The van der Waals surface area contributed by atoms with Crippen molar-refractivity contribution in [2.75, 3.05) is 6.61 Å². The van der Waals surface area contributed by atoms with Crippen molar-refractivity contribution >= 4 is 18.0 Å². The Hall–Kier alpha value is -2.36. The molecule has 160 valence electrons. The summed E-state index contributed by atoms with van der Waals surface area (Å²) in [5.41, 5.74) is 3.04. The Morgan fingerprint density at radius 2 is 1.79 bits per heavy atom. The van der Waals surface area contributed by atoms with Crippen LogP contribution in [-0.2, 0) is 19.7 Å². The van der Waals surface area contributed by atoms with E-state index in [0.29, 0.717) is 23.8 Å². The van der Waals surface area contributed by atoms with E-state index in [0.717, 1.165) is 24.8 Å². The Morgan fingerprint density at radius 1 is 1.10 bits per heavy atom. The maximum Gasteiger partial charge on any atom is 0.330 e. The molecule has 1 unspecified atom stereocenters. The molecule has 0 amide bonds. The van der Waals surface area contributed by atoms with Gasteiger partial charge in [-0.1, -0.05) is 45.4 Å². The molecule has 0 aliphatic rings. The van der Waals surface area contributed by atoms with Gasteiger partial charge >= 0.3 is 11.9 Å². The Labute approximate surface area is 176 Å². The predicted octanol–water partition coefficient (Wildman–Crippen LogP) is 6.24. The van der Waals surface area contributed by atoms with Gasteiger partial charge < -0.3 is 9.47 Å². The van der Waals surface area contributed by atoms with Crippen molar-refractivity contribution in [3.8, 4) is 5.75 Å². The first-order valence-corrected chi connectivity index (χ1v) is 10.3. The van der Waals surface area contributed by atoms with Gasteiger partial charge in [0.15, 0.2) is 0 Å². The predicted molar refractivity (Wildman–Crippen MR) is 119 cm³/mol. The second-order valence-electron chi connectivity index (χ2n) is 8.85. The lowest BCUT2D eigenvalue weighted by Crippen LogP contribution is -2.12. The first-order valence-electron chi connectivity index (χ1n) is 10.3. The van der Waals surface area contributed by atoms with Crippen molar-refractivity contribution in [2.45, 2.75) is 73.1 Å². The van der Waals surface area contributed by atoms with E-state index in [-0.39, 0.29) is 5.41 Å². The van der Waals surface area contributed by atoms with Crippen molar-refractivity contribution in [3.63, 3.8) is 0 Å². The monoisotopic (exact) mass is 400 g/mol. The summed E-state index contributed by atoms with van der Waals surface area (Å²) in [4.78, 5) is 23.5. The molecule has 4 heteroatoms. The molecule has 0 heterocycles. The SMILES string of the molecule is CC(=O)Oc1ccc(C(C)(C)C)cc1/C=C/C(=O)OCCC(C)CCC=C(C)C. The summed E-state index contributed by atoms with van der Waals surface area (Å²) in [6, 6.07) is 5.64. The van der Waals surface area contributed by atoms with Gasteiger partial charge in [0.25, 0.3) is 0 Å². The number of hydrogen-bond acceptors (Lipinski definition) is 4. The first-order chi connectivity index (χ1) is 13.5. The lowest BCUT2D eigenvalue weighted by molar-refractivity contribution is -0.138. The molecule has 0 saturated heterocycles. The summed E-state index contributed by atoms with van der Waals surface area (Å²) in [5.74, 6) is 0.146. The number of ether oxygens (including phenoxy) is 2. The lowest BCUT2D eigenvalue weighted by Gasteiger charge is -2.20. The molecular weight excluding hydrogens is 364 g/mol. The third-order valence-electron chi connectivity index (χ3n) is 4.60. The molecule has 0 fully saturated rings. The van der Waals surface area contributed by atoms with Gasteiger partial charge in [0.05, 0.1) is 6.61 Å². The van der Waals surface area contributed by atoms with Crippen molar-refractivity contribution in [3.05, 3.63) is 47.1 Å². The standard InChI is InChI=1S/C25H36O4/c1-18(2)9-8-10-19(3)15-16-28-24(27)14-11-21-17-22(25(5,6)7)12-13-23(21)29-20(4)26/h9,11-14,17,19H,8,10,15-16H2,1-7H3/b14-11+. The number of esters is 2. The van der Waals surface area contributed by atoms with E-state index in [2.05, 4.69) is 47.6 Å². The van der Waals surface area contributed by atoms with Gasteiger partial charge in [0, 0.05) is 18.6 Å². The van der Waals surface area contributed by atoms with Crippen molar-refractivity contribution in [1.82, 2.24) is 0 Å². The van der Waals surface area contributed by atoms with Crippen LogP contribution in [0.3, 0.4) is 0 Å². The van der Waals surface area contributed by atoms with Crippen LogP contribution in [0.25, 0.3) is 6.08 Å². The highest BCUT2D eigenvalue weighted by Gasteiger charge is 2.16. The normalized spacial score (nSPS) is 12.5. The fraction of sp³-hybridized carbons (Fsp3) is 0.520. The van der Waals surface area contributed by atoms with E-state index in [9.17, 15) is 9.59 Å². The van der Waals surface area contributed by atoms with E-state index >= 15 is 0 Å². The zero-order valence-electron chi connectivity index (χ0n) is 19.0. The number of allylic oxidation sites excluding steroid dienone is 2. The Kier molecular flexibility index (Phi) is 9.87. The molecule has 0 bridgehead atoms. The molecule has 0 aliphatic heterocycles. The highest BCUT2D eigenvalue weighted by Crippen LogP contribution is 2.29. The van der Waals surface area contributed by atoms with Gasteiger partial charge in [0.2, 0.25) is 0 Å². The fourth-order valence-corrected chi connectivity index (χ4v) is 2.76. The maximum absolute atomic E-state index is 12.1. The summed E-state index contributed by atoms with van der Waals surface area (Å²) < 4.78 is 10.6. The molecule has 0 saturated carbocycles. The van der Waals surface area contributed by atoms with Gasteiger partial charge in [-0.3, -0.25) is 4.79 Å². The van der Waals surface area contributed by atoms with Crippen LogP contribution in [0.4, 0.5) is 0 Å². The molecule has 0 aromatic heterocycles. The maximum atomic E-state index is 12.1. The number of hydrogen-bond donors (Lipinski definition) is 0. The van der Waals surface area contributed by atoms with Crippen molar-refractivity contribution < 1.29 is 19.1 Å². The zero-order chi connectivity index (χ0) is 22.0. The van der Waals surface area contributed by atoms with Crippen LogP contribution in [0, 0.1) is 5.92 Å². The number of carbonyl (C=O) groups is 2. The van der Waals surface area contributed by atoms with Crippen LogP contribution in [0.15, 0.2) is 35.9 Å². The second-order valence-corrected chi connectivity index (χ2v) is 8.85. The summed E-state index contributed by atoms with van der Waals surface area (Å²) in [5, 5.41) is 0. The molecule has 0 spiro atoms. The molecule has 0 aliphatic carbocycles. The van der Waals surface area contributed by atoms with Crippen LogP contribution in [-0.4, -0.2) is 18.5 Å². The average Bonchev–Trinajstić information content (AvgIpc) is 2.59. The Bertz CT molecular complexity index is 747. The minimum Gasteiger partial charge on any atom is -0.463 e. The largest absolute Gasteiger partial charge is 0.463 e. The minimum absolute atomic E-state index is 0.0561. The summed E-state index contributed by atoms with van der Waals surface area (Å²) in [7, 11) is 0. The summed E-state index contributed by atoms with van der Waals surface area (Å²) >= 11 is 0. The van der Waals surface area contributed by atoms with E-state index in [1.165, 1.54) is 18.6 Å². The molecule has 0 radical (unpaired) electrons. The van der Waals surface area contributed by atoms with E-state index in [1.54, 1.807) is 12.1 Å². The van der Waals surface area contributed by atoms with Crippen molar-refractivity contribution in [1.29, 1.82) is 0 Å². The fourth-order valence-electron chi connectivity index (χ4n) is 2.76. The van der Waals surface area contributed by atoms with E-state index < -0.39 is 11.9 Å². The third-order valence-corrected chi connectivity index (χ3v) is 4.60. The van der Waals surface area contributed by atoms with Gasteiger partial charge in [-0.05, 0) is 68.2 Å². The van der Waals surface area contributed by atoms with Gasteiger partial charge in [0.1, 0.15) is 5.75 Å². The summed E-state index contributed by atoms with van der Waals surface area (Å²) in [6.07, 6.45) is 8.26. The van der Waals surface area contributed by atoms with E-state index in [4.69, 9.17) is 9.47 Å². The molecule has 1 rings (SSSR count). The Morgan fingerprint density at radius 3 is 2.38 bits per heavy atom. The average molecular weight is 401 g/mol. The van der Waals surface area contributed by atoms with Gasteiger partial charge in [-0.2, -0.15) is 0 Å². The van der Waals surface area contributed by atoms with Crippen LogP contribution in [0.5, 0.6) is 5.75 Å². The third kappa shape index (κ3) is 10.1. The molecule has 1 aromatic carbocycles. The molecule has 4 nitrogen and oxygen atoms in total. The van der Waals surface area contributed by atoms with Gasteiger partial charge in [-0.25, -0.2) is 4.79 Å². The highest BCUT2D eigenvalue weighted by atomic mass is 16.5. The van der Waals surface area contributed by atoms with Crippen LogP contribution >= 0.6 is 0 Å². The smallest absolute Gasteiger partial charge is 0.330 e. The first kappa shape index (κ1) is 24.7. The topological polar surface area (TPSA) is 52.6 Å². The minimum atomic E-state index is -0.396. The highest BCUT2D eigenvalue weighted by molar-refractivity contribution is 5.88. The lowest BCUT2D eigenvalue weighted by atomic mass is 9.86. The Balaban J connectivity index is 2.69. The molecule has 29 heavy (non-hydrogen) atoms. The summed E-state index contributed by atoms with van der Waals surface area (Å²) in [6.45, 7) is 14.4. The molecule has 0 N–H and O–H groups in total. The number of carbonyl (C=O) groups excluding carboxylic acids is 2. The van der Waals surface area contributed by atoms with Crippen molar-refractivity contribution in [2.24, 2.45) is 5.92 Å². The number of benzene rings is 1. The second kappa shape index (κ2) is 11.6. The quantitative estimate of drug-likeness (QED) is 0.213.